The van der Waals surface area contributed by atoms with E-state index in [1.807, 2.05) is 43.3 Å². The number of hydrogen-bond donors (Lipinski definition) is 1. The summed E-state index contributed by atoms with van der Waals surface area (Å²) >= 11 is 0. The molecule has 0 fully saturated rings. The fourth-order valence-electron chi connectivity index (χ4n) is 1.65. The average Bonchev–Trinajstić information content (AvgIpc) is 2.29. The van der Waals surface area contributed by atoms with Crippen LogP contribution in [-0.2, 0) is 6.61 Å². The molecule has 2 aromatic rings. The molecule has 2 nitrogen and oxygen atoms in total. The normalized spacial score (nSPS) is 10.3. The van der Waals surface area contributed by atoms with Crippen LogP contribution in [0, 0.1) is 6.92 Å². The van der Waals surface area contributed by atoms with E-state index in [1.165, 1.54) is 0 Å². The molecule has 1 N–H and O–H groups in total. The van der Waals surface area contributed by atoms with Crippen LogP contribution in [0.5, 0.6) is 0 Å². The van der Waals surface area contributed by atoms with Crippen molar-refractivity contribution in [3.63, 3.8) is 0 Å². The second-order valence-corrected chi connectivity index (χ2v) is 3.50. The molecule has 0 amide bonds. The van der Waals surface area contributed by atoms with E-state index >= 15 is 0 Å². The van der Waals surface area contributed by atoms with Crippen LogP contribution in [0.3, 0.4) is 0 Å². The van der Waals surface area contributed by atoms with Crippen molar-refractivity contribution in [2.45, 2.75) is 13.5 Å². The zero-order chi connectivity index (χ0) is 10.7. The van der Waals surface area contributed by atoms with Crippen molar-refractivity contribution in [1.29, 1.82) is 0 Å². The number of benzene rings is 1. The summed E-state index contributed by atoms with van der Waals surface area (Å²) in [7, 11) is 0. The van der Waals surface area contributed by atoms with Crippen LogP contribution in [0.4, 0.5) is 0 Å². The first-order valence-electron chi connectivity index (χ1n) is 4.93. The maximum atomic E-state index is 9.23. The van der Waals surface area contributed by atoms with Gasteiger partial charge in [-0.3, -0.25) is 4.98 Å². The number of aliphatic hydroxyl groups excluding tert-OH is 1. The maximum Gasteiger partial charge on any atom is 0.0687 e. The standard InChI is InChI=1S/C13H13NO/c1-10-8-11(6-7-14-10)13-5-3-2-4-12(13)9-15/h2-8,15H,9H2,1H3. The molecule has 0 atom stereocenters. The highest BCUT2D eigenvalue weighted by Gasteiger charge is 2.03. The first-order valence-corrected chi connectivity index (χ1v) is 4.93. The third kappa shape index (κ3) is 2.05. The van der Waals surface area contributed by atoms with Gasteiger partial charge in [0.05, 0.1) is 6.61 Å². The third-order valence-electron chi connectivity index (χ3n) is 2.40. The number of aromatic nitrogens is 1. The highest BCUT2D eigenvalue weighted by molar-refractivity contribution is 5.67. The minimum atomic E-state index is 0.0670. The predicted molar refractivity (Wildman–Crippen MR) is 60.3 cm³/mol. The molecule has 0 spiro atoms. The first kappa shape index (κ1) is 9.87. The van der Waals surface area contributed by atoms with Gasteiger partial charge in [-0.15, -0.1) is 0 Å². The van der Waals surface area contributed by atoms with Crippen molar-refractivity contribution in [1.82, 2.24) is 4.98 Å². The van der Waals surface area contributed by atoms with Gasteiger partial charge in [-0.1, -0.05) is 24.3 Å². The largest absolute Gasteiger partial charge is 0.392 e. The minimum absolute atomic E-state index is 0.0670. The fraction of sp³-hybridized carbons (Fsp3) is 0.154. The van der Waals surface area contributed by atoms with E-state index in [0.717, 1.165) is 22.4 Å². The second-order valence-electron chi connectivity index (χ2n) is 3.50. The Hall–Kier alpha value is -1.67. The van der Waals surface area contributed by atoms with Crippen LogP contribution in [0.1, 0.15) is 11.3 Å². The Bertz CT molecular complexity index is 466. The van der Waals surface area contributed by atoms with Crippen LogP contribution >= 0.6 is 0 Å². The van der Waals surface area contributed by atoms with Gasteiger partial charge in [0, 0.05) is 11.9 Å². The lowest BCUT2D eigenvalue weighted by molar-refractivity contribution is 0.282. The molecule has 0 unspecified atom stereocenters. The molecular formula is C13H13NO. The molecule has 0 aliphatic rings. The Morgan fingerprint density at radius 2 is 2.00 bits per heavy atom. The van der Waals surface area contributed by atoms with Gasteiger partial charge in [0.25, 0.3) is 0 Å². The van der Waals surface area contributed by atoms with E-state index in [9.17, 15) is 5.11 Å². The molecule has 0 aliphatic carbocycles. The number of rotatable bonds is 2. The van der Waals surface area contributed by atoms with Crippen LogP contribution in [-0.4, -0.2) is 10.1 Å². The maximum absolute atomic E-state index is 9.23. The van der Waals surface area contributed by atoms with Gasteiger partial charge in [-0.2, -0.15) is 0 Å². The van der Waals surface area contributed by atoms with Crippen LogP contribution in [0.2, 0.25) is 0 Å². The molecule has 0 saturated heterocycles. The van der Waals surface area contributed by atoms with Crippen LogP contribution in [0.15, 0.2) is 42.6 Å². The summed E-state index contributed by atoms with van der Waals surface area (Å²) in [6.07, 6.45) is 1.79. The number of aliphatic hydroxyl groups is 1. The zero-order valence-corrected chi connectivity index (χ0v) is 8.64. The van der Waals surface area contributed by atoms with Crippen molar-refractivity contribution in [2.75, 3.05) is 0 Å². The van der Waals surface area contributed by atoms with E-state index in [1.54, 1.807) is 6.20 Å². The Morgan fingerprint density at radius 3 is 2.73 bits per heavy atom. The highest BCUT2D eigenvalue weighted by Crippen LogP contribution is 2.23. The molecule has 76 valence electrons. The quantitative estimate of drug-likeness (QED) is 0.806. The summed E-state index contributed by atoms with van der Waals surface area (Å²) in [5, 5.41) is 9.23. The third-order valence-corrected chi connectivity index (χ3v) is 2.40. The van der Waals surface area contributed by atoms with E-state index in [-0.39, 0.29) is 6.61 Å². The van der Waals surface area contributed by atoms with E-state index < -0.39 is 0 Å². The minimum Gasteiger partial charge on any atom is -0.392 e. The molecule has 0 radical (unpaired) electrons. The molecule has 2 heteroatoms. The molecule has 0 aliphatic heterocycles. The average molecular weight is 199 g/mol. The summed E-state index contributed by atoms with van der Waals surface area (Å²) in [6.45, 7) is 2.03. The van der Waals surface area contributed by atoms with Gasteiger partial charge in [0.2, 0.25) is 0 Å². The Kier molecular flexibility index (Phi) is 2.79. The molecule has 1 aromatic carbocycles. The summed E-state index contributed by atoms with van der Waals surface area (Å²) in [5.74, 6) is 0. The predicted octanol–water partition coefficient (Wildman–Crippen LogP) is 2.55. The number of hydrogen-bond acceptors (Lipinski definition) is 2. The van der Waals surface area contributed by atoms with Crippen LogP contribution < -0.4 is 0 Å². The Labute approximate surface area is 89.2 Å². The molecule has 1 aromatic heterocycles. The summed E-state index contributed by atoms with van der Waals surface area (Å²) < 4.78 is 0. The number of pyridine rings is 1. The van der Waals surface area contributed by atoms with E-state index in [0.29, 0.717) is 0 Å². The first-order chi connectivity index (χ1) is 7.31. The van der Waals surface area contributed by atoms with Gasteiger partial charge in [0.15, 0.2) is 0 Å². The Balaban J connectivity index is 2.53. The lowest BCUT2D eigenvalue weighted by atomic mass is 10.0. The number of aryl methyl sites for hydroxylation is 1. The molecule has 0 bridgehead atoms. The Morgan fingerprint density at radius 1 is 1.20 bits per heavy atom. The van der Waals surface area contributed by atoms with Crippen LogP contribution in [0.25, 0.3) is 11.1 Å². The van der Waals surface area contributed by atoms with Gasteiger partial charge >= 0.3 is 0 Å². The van der Waals surface area contributed by atoms with Gasteiger partial charge < -0.3 is 5.11 Å². The molecule has 2 rings (SSSR count). The SMILES string of the molecule is Cc1cc(-c2ccccc2CO)ccn1. The van der Waals surface area contributed by atoms with Crippen molar-refractivity contribution in [2.24, 2.45) is 0 Å². The summed E-state index contributed by atoms with van der Waals surface area (Å²) in [6, 6.07) is 11.8. The summed E-state index contributed by atoms with van der Waals surface area (Å²) in [5.41, 5.74) is 4.11. The smallest absolute Gasteiger partial charge is 0.0687 e. The monoisotopic (exact) mass is 199 g/mol. The fourth-order valence-corrected chi connectivity index (χ4v) is 1.65. The second kappa shape index (κ2) is 4.24. The van der Waals surface area contributed by atoms with Crippen molar-refractivity contribution < 1.29 is 5.11 Å². The van der Waals surface area contributed by atoms with Gasteiger partial charge in [-0.25, -0.2) is 0 Å². The zero-order valence-electron chi connectivity index (χ0n) is 8.64. The van der Waals surface area contributed by atoms with Crippen molar-refractivity contribution >= 4 is 0 Å². The molecule has 1 heterocycles. The summed E-state index contributed by atoms with van der Waals surface area (Å²) in [4.78, 5) is 4.16. The topological polar surface area (TPSA) is 33.1 Å². The van der Waals surface area contributed by atoms with Gasteiger partial charge in [-0.05, 0) is 35.7 Å². The molecule has 0 saturated carbocycles. The lowest BCUT2D eigenvalue weighted by Gasteiger charge is -2.07. The molecule has 15 heavy (non-hydrogen) atoms. The van der Waals surface area contributed by atoms with E-state index in [4.69, 9.17) is 0 Å². The van der Waals surface area contributed by atoms with Gasteiger partial charge in [0.1, 0.15) is 0 Å². The molecular weight excluding hydrogens is 186 g/mol. The van der Waals surface area contributed by atoms with Crippen molar-refractivity contribution in [3.8, 4) is 11.1 Å². The van der Waals surface area contributed by atoms with Crippen molar-refractivity contribution in [3.05, 3.63) is 53.9 Å². The lowest BCUT2D eigenvalue weighted by Crippen LogP contribution is -1.90. The highest BCUT2D eigenvalue weighted by atomic mass is 16.3. The van der Waals surface area contributed by atoms with E-state index in [2.05, 4.69) is 4.98 Å². The number of nitrogens with zero attached hydrogens (tertiary/aromatic N) is 1.